The minimum Gasteiger partial charge on any atom is -0.338 e. The van der Waals surface area contributed by atoms with Crippen LogP contribution >= 0.6 is 15.9 Å². The number of aryl methyl sites for hydroxylation is 1. The summed E-state index contributed by atoms with van der Waals surface area (Å²) in [7, 11) is 2.07. The summed E-state index contributed by atoms with van der Waals surface area (Å²) in [5.74, 6) is 0.786. The van der Waals surface area contributed by atoms with Crippen molar-refractivity contribution in [3.63, 3.8) is 0 Å². The molecule has 3 heteroatoms. The van der Waals surface area contributed by atoms with Crippen LogP contribution in [0.5, 0.6) is 0 Å². The van der Waals surface area contributed by atoms with Crippen LogP contribution in [0.15, 0.2) is 22.8 Å². The minimum atomic E-state index is 0.128. The van der Waals surface area contributed by atoms with Gasteiger partial charge in [0.05, 0.1) is 4.60 Å². The van der Waals surface area contributed by atoms with Crippen molar-refractivity contribution in [2.45, 2.75) is 44.9 Å². The summed E-state index contributed by atoms with van der Waals surface area (Å²) in [6, 6.07) is 6.11. The maximum atomic E-state index is 11.6. The average Bonchev–Trinajstić information content (AvgIpc) is 2.71. The van der Waals surface area contributed by atoms with Crippen molar-refractivity contribution in [2.75, 3.05) is 0 Å². The van der Waals surface area contributed by atoms with Gasteiger partial charge >= 0.3 is 0 Å². The van der Waals surface area contributed by atoms with Gasteiger partial charge < -0.3 is 4.57 Å². The highest BCUT2D eigenvalue weighted by Gasteiger charge is 2.23. The fourth-order valence-corrected chi connectivity index (χ4v) is 4.16. The lowest BCUT2D eigenvalue weighted by molar-refractivity contribution is 0.101. The molecule has 1 aromatic heterocycles. The quantitative estimate of drug-likeness (QED) is 0.693. The first-order chi connectivity index (χ1) is 9.59. The van der Waals surface area contributed by atoms with Crippen LogP contribution in [0.25, 0.3) is 10.9 Å². The molecule has 0 N–H and O–H groups in total. The van der Waals surface area contributed by atoms with Crippen LogP contribution in [0.4, 0.5) is 0 Å². The van der Waals surface area contributed by atoms with Crippen LogP contribution in [-0.2, 0) is 7.05 Å². The lowest BCUT2D eigenvalue weighted by Gasteiger charge is -2.22. The molecule has 20 heavy (non-hydrogen) atoms. The van der Waals surface area contributed by atoms with Gasteiger partial charge in [0.15, 0.2) is 5.78 Å². The molecule has 1 aliphatic carbocycles. The van der Waals surface area contributed by atoms with Crippen molar-refractivity contribution in [3.05, 3.63) is 33.9 Å². The Kier molecular flexibility index (Phi) is 3.72. The SMILES string of the molecule is CC(=O)c1ccc2c(C3CCCCC3)c(Br)n(C)c2c1. The van der Waals surface area contributed by atoms with Gasteiger partial charge in [-0.1, -0.05) is 31.4 Å². The van der Waals surface area contributed by atoms with Crippen molar-refractivity contribution in [3.8, 4) is 0 Å². The highest BCUT2D eigenvalue weighted by atomic mass is 79.9. The number of halogens is 1. The Morgan fingerprint density at radius 1 is 1.25 bits per heavy atom. The van der Waals surface area contributed by atoms with Crippen molar-refractivity contribution >= 4 is 32.6 Å². The zero-order valence-electron chi connectivity index (χ0n) is 12.1. The lowest BCUT2D eigenvalue weighted by Crippen LogP contribution is -2.04. The maximum Gasteiger partial charge on any atom is 0.159 e. The molecule has 106 valence electrons. The van der Waals surface area contributed by atoms with E-state index in [4.69, 9.17) is 0 Å². The van der Waals surface area contributed by atoms with Gasteiger partial charge in [-0.05, 0) is 53.2 Å². The molecule has 3 rings (SSSR count). The Hall–Kier alpha value is -1.09. The van der Waals surface area contributed by atoms with Crippen LogP contribution in [0, 0.1) is 0 Å². The van der Waals surface area contributed by atoms with Gasteiger partial charge in [0.1, 0.15) is 0 Å². The Labute approximate surface area is 128 Å². The molecule has 0 saturated heterocycles. The third-order valence-electron chi connectivity index (χ3n) is 4.59. The minimum absolute atomic E-state index is 0.128. The monoisotopic (exact) mass is 333 g/mol. The van der Waals surface area contributed by atoms with Gasteiger partial charge in [-0.15, -0.1) is 0 Å². The highest BCUT2D eigenvalue weighted by Crippen LogP contribution is 2.41. The molecule has 1 aromatic carbocycles. The van der Waals surface area contributed by atoms with Crippen LogP contribution < -0.4 is 0 Å². The second-order valence-corrected chi connectivity index (χ2v) is 6.64. The van der Waals surface area contributed by atoms with E-state index in [2.05, 4.69) is 33.6 Å². The van der Waals surface area contributed by atoms with Crippen LogP contribution in [0.3, 0.4) is 0 Å². The molecular weight excluding hydrogens is 314 g/mol. The number of hydrogen-bond acceptors (Lipinski definition) is 1. The van der Waals surface area contributed by atoms with E-state index in [1.54, 1.807) is 6.92 Å². The molecule has 0 unspecified atom stereocenters. The van der Waals surface area contributed by atoms with Gasteiger partial charge in [-0.25, -0.2) is 0 Å². The van der Waals surface area contributed by atoms with Gasteiger partial charge in [-0.2, -0.15) is 0 Å². The van der Waals surface area contributed by atoms with Crippen LogP contribution in [0.1, 0.15) is 60.9 Å². The number of Topliss-reactive ketones (excluding diaryl/α,β-unsaturated/α-hetero) is 1. The molecular formula is C17H20BrNO. The van der Waals surface area contributed by atoms with Gasteiger partial charge in [0, 0.05) is 23.5 Å². The van der Waals surface area contributed by atoms with E-state index >= 15 is 0 Å². The van der Waals surface area contributed by atoms with E-state index in [-0.39, 0.29) is 5.78 Å². The number of hydrogen-bond donors (Lipinski definition) is 0. The topological polar surface area (TPSA) is 22.0 Å². The summed E-state index contributed by atoms with van der Waals surface area (Å²) in [6.45, 7) is 1.63. The van der Waals surface area contributed by atoms with E-state index in [9.17, 15) is 4.79 Å². The molecule has 2 aromatic rings. The first-order valence-corrected chi connectivity index (χ1v) is 8.17. The number of aromatic nitrogens is 1. The zero-order valence-corrected chi connectivity index (χ0v) is 13.7. The summed E-state index contributed by atoms with van der Waals surface area (Å²) in [5.41, 5.74) is 3.39. The first-order valence-electron chi connectivity index (χ1n) is 7.38. The summed E-state index contributed by atoms with van der Waals surface area (Å²) >= 11 is 3.77. The molecule has 0 spiro atoms. The summed E-state index contributed by atoms with van der Waals surface area (Å²) in [6.07, 6.45) is 6.60. The molecule has 1 heterocycles. The third kappa shape index (κ3) is 2.22. The molecule has 0 atom stereocenters. The van der Waals surface area contributed by atoms with E-state index in [0.717, 1.165) is 11.1 Å². The predicted octanol–water partition coefficient (Wildman–Crippen LogP) is 5.19. The molecule has 1 aliphatic rings. The van der Waals surface area contributed by atoms with E-state index in [1.165, 1.54) is 47.7 Å². The van der Waals surface area contributed by atoms with Gasteiger partial charge in [-0.3, -0.25) is 4.79 Å². The largest absolute Gasteiger partial charge is 0.338 e. The molecule has 1 fully saturated rings. The molecule has 1 saturated carbocycles. The number of nitrogens with zero attached hydrogens (tertiary/aromatic N) is 1. The second-order valence-electron chi connectivity index (χ2n) is 5.89. The molecule has 0 aliphatic heterocycles. The smallest absolute Gasteiger partial charge is 0.159 e. The number of benzene rings is 1. The fraction of sp³-hybridized carbons (Fsp3) is 0.471. The molecule has 0 radical (unpaired) electrons. The van der Waals surface area contributed by atoms with Crippen LogP contribution in [-0.4, -0.2) is 10.4 Å². The van der Waals surface area contributed by atoms with E-state index in [0.29, 0.717) is 5.92 Å². The number of fused-ring (bicyclic) bond motifs is 1. The Bertz CT molecular complexity index is 665. The number of rotatable bonds is 2. The second kappa shape index (κ2) is 5.36. The van der Waals surface area contributed by atoms with Crippen molar-refractivity contribution in [1.29, 1.82) is 0 Å². The number of carbonyl (C=O) groups is 1. The molecule has 0 bridgehead atoms. The summed E-state index contributed by atoms with van der Waals surface area (Å²) in [5, 5.41) is 1.30. The predicted molar refractivity (Wildman–Crippen MR) is 86.4 cm³/mol. The van der Waals surface area contributed by atoms with Gasteiger partial charge in [0.2, 0.25) is 0 Å². The average molecular weight is 334 g/mol. The zero-order chi connectivity index (χ0) is 14.3. The Balaban J connectivity index is 2.17. The third-order valence-corrected chi connectivity index (χ3v) is 5.55. The fourth-order valence-electron chi connectivity index (χ4n) is 3.43. The summed E-state index contributed by atoms with van der Waals surface area (Å²) in [4.78, 5) is 11.6. The van der Waals surface area contributed by atoms with Gasteiger partial charge in [0.25, 0.3) is 0 Å². The van der Waals surface area contributed by atoms with Crippen molar-refractivity contribution < 1.29 is 4.79 Å². The van der Waals surface area contributed by atoms with Crippen molar-refractivity contribution in [2.24, 2.45) is 7.05 Å². The first kappa shape index (κ1) is 13.9. The molecule has 0 amide bonds. The summed E-state index contributed by atoms with van der Waals surface area (Å²) < 4.78 is 3.35. The normalized spacial score (nSPS) is 16.8. The van der Waals surface area contributed by atoms with E-state index < -0.39 is 0 Å². The lowest BCUT2D eigenvalue weighted by atomic mass is 9.84. The molecule has 2 nitrogen and oxygen atoms in total. The van der Waals surface area contributed by atoms with Crippen molar-refractivity contribution in [1.82, 2.24) is 4.57 Å². The number of carbonyl (C=O) groups excluding carboxylic acids is 1. The van der Waals surface area contributed by atoms with E-state index in [1.807, 2.05) is 12.1 Å². The standard InChI is InChI=1S/C17H20BrNO/c1-11(20)13-8-9-14-15(10-13)19(2)17(18)16(14)12-6-4-3-5-7-12/h8-10,12H,3-7H2,1-2H3. The number of ketones is 1. The van der Waals surface area contributed by atoms with Crippen LogP contribution in [0.2, 0.25) is 0 Å². The Morgan fingerprint density at radius 3 is 2.60 bits per heavy atom. The highest BCUT2D eigenvalue weighted by molar-refractivity contribution is 9.10. The Morgan fingerprint density at radius 2 is 1.95 bits per heavy atom. The maximum absolute atomic E-state index is 11.6.